The minimum atomic E-state index is 0.737. The molecule has 0 N–H and O–H groups in total. The molecule has 3 rings (SSSR count). The molecule has 1 heteroatoms. The molecule has 1 aliphatic carbocycles. The van der Waals surface area contributed by atoms with Crippen molar-refractivity contribution in [1.82, 2.24) is 0 Å². The summed E-state index contributed by atoms with van der Waals surface area (Å²) in [5, 5.41) is 0. The van der Waals surface area contributed by atoms with Crippen LogP contribution in [0.4, 0.5) is 5.69 Å². The Morgan fingerprint density at radius 2 is 1.94 bits per heavy atom. The van der Waals surface area contributed by atoms with Crippen molar-refractivity contribution in [3.05, 3.63) is 28.8 Å². The van der Waals surface area contributed by atoms with Crippen molar-refractivity contribution < 1.29 is 0 Å². The highest BCUT2D eigenvalue weighted by Crippen LogP contribution is 2.39. The number of rotatable bonds is 0. The fourth-order valence-corrected chi connectivity index (χ4v) is 3.22. The molecule has 0 saturated heterocycles. The summed E-state index contributed by atoms with van der Waals surface area (Å²) in [5.41, 5.74) is 6.98. The molecule has 17 heavy (non-hydrogen) atoms. The van der Waals surface area contributed by atoms with E-state index < -0.39 is 0 Å². The second-order valence-corrected chi connectivity index (χ2v) is 5.91. The summed E-state index contributed by atoms with van der Waals surface area (Å²) in [4.78, 5) is 4.99. The molecule has 2 aliphatic rings. The van der Waals surface area contributed by atoms with Gasteiger partial charge in [-0.15, -0.1) is 0 Å². The van der Waals surface area contributed by atoms with Crippen LogP contribution in [0.25, 0.3) is 0 Å². The minimum Gasteiger partial charge on any atom is -0.257 e. The van der Waals surface area contributed by atoms with Crippen molar-refractivity contribution in [2.75, 3.05) is 0 Å². The number of aryl methyl sites for hydroxylation is 1. The van der Waals surface area contributed by atoms with Crippen molar-refractivity contribution in [3.8, 4) is 0 Å². The largest absolute Gasteiger partial charge is 0.257 e. The third-order valence-corrected chi connectivity index (χ3v) is 4.54. The molecule has 1 heterocycles. The Labute approximate surface area is 104 Å². The Morgan fingerprint density at radius 3 is 2.76 bits per heavy atom. The normalized spacial score (nSPS) is 27.1. The number of nitrogens with zero attached hydrogens (tertiary/aromatic N) is 1. The van der Waals surface area contributed by atoms with Crippen LogP contribution in [0.3, 0.4) is 0 Å². The molecule has 90 valence electrons. The van der Waals surface area contributed by atoms with Crippen molar-refractivity contribution in [3.63, 3.8) is 0 Å². The fourth-order valence-electron chi connectivity index (χ4n) is 3.22. The minimum absolute atomic E-state index is 0.737. The predicted molar refractivity (Wildman–Crippen MR) is 73.2 cm³/mol. The third-order valence-electron chi connectivity index (χ3n) is 4.54. The van der Waals surface area contributed by atoms with E-state index in [0.717, 1.165) is 11.8 Å². The molecular formula is C16H21N. The van der Waals surface area contributed by atoms with E-state index >= 15 is 0 Å². The van der Waals surface area contributed by atoms with E-state index in [9.17, 15) is 0 Å². The molecule has 1 nitrogen and oxygen atoms in total. The Hall–Kier alpha value is -1.11. The van der Waals surface area contributed by atoms with Gasteiger partial charge in [0.25, 0.3) is 0 Å². The zero-order valence-corrected chi connectivity index (χ0v) is 11.1. The molecule has 1 aromatic rings. The van der Waals surface area contributed by atoms with Gasteiger partial charge in [-0.1, -0.05) is 19.1 Å². The summed E-state index contributed by atoms with van der Waals surface area (Å²) in [6, 6.07) is 4.54. The average Bonchev–Trinajstić information content (AvgIpc) is 2.32. The number of hydrogen-bond donors (Lipinski definition) is 0. The van der Waals surface area contributed by atoms with Gasteiger partial charge in [0.1, 0.15) is 0 Å². The maximum Gasteiger partial charge on any atom is 0.0693 e. The summed E-state index contributed by atoms with van der Waals surface area (Å²) in [6.45, 7) is 6.76. The first-order valence-electron chi connectivity index (χ1n) is 6.81. The first kappa shape index (κ1) is 11.0. The zero-order chi connectivity index (χ0) is 12.0. The van der Waals surface area contributed by atoms with Gasteiger partial charge in [0.2, 0.25) is 0 Å². The van der Waals surface area contributed by atoms with Crippen LogP contribution >= 0.6 is 0 Å². The van der Waals surface area contributed by atoms with Gasteiger partial charge >= 0.3 is 0 Å². The Balaban J connectivity index is 2.06. The molecule has 0 amide bonds. The lowest BCUT2D eigenvalue weighted by atomic mass is 9.76. The lowest BCUT2D eigenvalue weighted by molar-refractivity contribution is 0.425. The van der Waals surface area contributed by atoms with Crippen LogP contribution in [0, 0.1) is 25.7 Å². The van der Waals surface area contributed by atoms with Gasteiger partial charge in [0, 0.05) is 11.6 Å². The van der Waals surface area contributed by atoms with E-state index in [1.165, 1.54) is 53.8 Å². The van der Waals surface area contributed by atoms with Gasteiger partial charge in [0.05, 0.1) is 5.69 Å². The summed E-state index contributed by atoms with van der Waals surface area (Å²) < 4.78 is 0. The molecule has 2 unspecified atom stereocenters. The molecule has 1 aliphatic heterocycles. The SMILES string of the molecule is Cc1ccc2c(c1C)N=C1CC(C)CCC1C2. The highest BCUT2D eigenvalue weighted by molar-refractivity contribution is 5.92. The van der Waals surface area contributed by atoms with Crippen LogP contribution in [0.2, 0.25) is 0 Å². The first-order valence-corrected chi connectivity index (χ1v) is 6.81. The Morgan fingerprint density at radius 1 is 1.12 bits per heavy atom. The second-order valence-electron chi connectivity index (χ2n) is 5.91. The number of benzene rings is 1. The standard InChI is InChI=1S/C16H21N/c1-10-4-6-13-9-14-7-5-11(2)12(3)16(14)17-15(13)8-10/h5,7,10,13H,4,6,8-9H2,1-3H3. The lowest BCUT2D eigenvalue weighted by Gasteiger charge is -2.32. The van der Waals surface area contributed by atoms with Crippen LogP contribution in [0.15, 0.2) is 17.1 Å². The van der Waals surface area contributed by atoms with E-state index in [-0.39, 0.29) is 0 Å². The maximum atomic E-state index is 4.99. The maximum absolute atomic E-state index is 4.99. The van der Waals surface area contributed by atoms with Gasteiger partial charge in [-0.05, 0) is 62.1 Å². The van der Waals surface area contributed by atoms with Crippen molar-refractivity contribution in [2.45, 2.75) is 46.5 Å². The van der Waals surface area contributed by atoms with Crippen LogP contribution < -0.4 is 0 Å². The highest BCUT2D eigenvalue weighted by Gasteiger charge is 2.29. The highest BCUT2D eigenvalue weighted by atomic mass is 14.8. The van der Waals surface area contributed by atoms with Gasteiger partial charge < -0.3 is 0 Å². The quantitative estimate of drug-likeness (QED) is 0.624. The summed E-state index contributed by atoms with van der Waals surface area (Å²) in [7, 11) is 0. The van der Waals surface area contributed by atoms with E-state index in [1.54, 1.807) is 0 Å². The van der Waals surface area contributed by atoms with Crippen molar-refractivity contribution in [1.29, 1.82) is 0 Å². The van der Waals surface area contributed by atoms with Crippen molar-refractivity contribution >= 4 is 11.4 Å². The molecule has 1 aromatic carbocycles. The van der Waals surface area contributed by atoms with E-state index in [1.807, 2.05) is 0 Å². The van der Waals surface area contributed by atoms with Crippen molar-refractivity contribution in [2.24, 2.45) is 16.8 Å². The molecule has 0 spiro atoms. The Bertz CT molecular complexity index is 485. The monoisotopic (exact) mass is 227 g/mol. The first-order chi connectivity index (χ1) is 8.15. The van der Waals surface area contributed by atoms with Gasteiger partial charge in [-0.25, -0.2) is 0 Å². The lowest BCUT2D eigenvalue weighted by Crippen LogP contribution is -2.27. The van der Waals surface area contributed by atoms with Gasteiger partial charge in [-0.2, -0.15) is 0 Å². The predicted octanol–water partition coefficient (Wildman–Crippen LogP) is 4.37. The van der Waals surface area contributed by atoms with Crippen LogP contribution in [0.1, 0.15) is 42.9 Å². The van der Waals surface area contributed by atoms with Gasteiger partial charge in [-0.3, -0.25) is 4.99 Å². The fraction of sp³-hybridized carbons (Fsp3) is 0.562. The topological polar surface area (TPSA) is 12.4 Å². The molecule has 0 radical (unpaired) electrons. The number of hydrogen-bond acceptors (Lipinski definition) is 1. The summed E-state index contributed by atoms with van der Waals surface area (Å²) in [6.07, 6.45) is 5.16. The molecular weight excluding hydrogens is 206 g/mol. The molecule has 2 atom stereocenters. The third kappa shape index (κ3) is 1.82. The zero-order valence-electron chi connectivity index (χ0n) is 11.1. The van der Waals surface area contributed by atoms with E-state index in [2.05, 4.69) is 32.9 Å². The number of aliphatic imine (C=N–C) groups is 1. The van der Waals surface area contributed by atoms with E-state index in [4.69, 9.17) is 4.99 Å². The van der Waals surface area contributed by atoms with E-state index in [0.29, 0.717) is 0 Å². The molecule has 1 fully saturated rings. The van der Waals surface area contributed by atoms with Crippen LogP contribution in [-0.2, 0) is 6.42 Å². The second kappa shape index (κ2) is 3.97. The smallest absolute Gasteiger partial charge is 0.0693 e. The number of fused-ring (bicyclic) bond motifs is 2. The van der Waals surface area contributed by atoms with Crippen LogP contribution in [-0.4, -0.2) is 5.71 Å². The summed E-state index contributed by atoms with van der Waals surface area (Å²) >= 11 is 0. The summed E-state index contributed by atoms with van der Waals surface area (Å²) in [5.74, 6) is 1.57. The van der Waals surface area contributed by atoms with Gasteiger partial charge in [0.15, 0.2) is 0 Å². The Kier molecular flexibility index (Phi) is 2.57. The van der Waals surface area contributed by atoms with Crippen LogP contribution in [0.5, 0.6) is 0 Å². The average molecular weight is 227 g/mol. The molecule has 1 saturated carbocycles. The molecule has 0 aromatic heterocycles. The molecule has 0 bridgehead atoms.